The molecule has 4 aromatic carbocycles. The zero-order valence-electron chi connectivity index (χ0n) is 20.4. The Labute approximate surface area is 202 Å². The van der Waals surface area contributed by atoms with Crippen molar-refractivity contribution in [1.82, 2.24) is 0 Å². The van der Waals surface area contributed by atoms with Gasteiger partial charge in [0, 0.05) is 23.6 Å². The van der Waals surface area contributed by atoms with Crippen LogP contribution in [0, 0.1) is 0 Å². The number of amides is 1. The van der Waals surface area contributed by atoms with E-state index in [1.807, 2.05) is 4.90 Å². The number of hydrogen-bond acceptors (Lipinski definition) is 1. The maximum Gasteiger partial charge on any atom is 0.224 e. The van der Waals surface area contributed by atoms with Crippen molar-refractivity contribution in [3.8, 4) is 22.3 Å². The Balaban J connectivity index is 1.75. The van der Waals surface area contributed by atoms with E-state index in [0.717, 1.165) is 12.1 Å². The normalized spacial score (nSPS) is 18.9. The van der Waals surface area contributed by atoms with Crippen molar-refractivity contribution in [2.75, 3.05) is 4.90 Å². The summed E-state index contributed by atoms with van der Waals surface area (Å²) in [4.78, 5) is 14.8. The van der Waals surface area contributed by atoms with E-state index >= 15 is 0 Å². The SMILES string of the molecule is CC(=O)N1c2ccc(-c3ccccc3-c3ccccc3)cc2C(C)(c2ccccc2)CC1(C)C. The van der Waals surface area contributed by atoms with Crippen LogP contribution >= 0.6 is 0 Å². The predicted octanol–water partition coefficient (Wildman–Crippen LogP) is 7.86. The third kappa shape index (κ3) is 3.64. The molecule has 1 atom stereocenters. The summed E-state index contributed by atoms with van der Waals surface area (Å²) in [6, 6.07) is 36.5. The molecular formula is C32H31NO. The number of carbonyl (C=O) groups is 1. The van der Waals surface area contributed by atoms with Gasteiger partial charge in [-0.1, -0.05) is 97.9 Å². The van der Waals surface area contributed by atoms with Crippen LogP contribution in [0.5, 0.6) is 0 Å². The van der Waals surface area contributed by atoms with Crippen LogP contribution in [-0.2, 0) is 10.2 Å². The van der Waals surface area contributed by atoms with Gasteiger partial charge in [0.25, 0.3) is 0 Å². The van der Waals surface area contributed by atoms with Gasteiger partial charge < -0.3 is 4.90 Å². The van der Waals surface area contributed by atoms with Gasteiger partial charge in [0.05, 0.1) is 0 Å². The predicted molar refractivity (Wildman–Crippen MR) is 142 cm³/mol. The Morgan fingerprint density at radius 3 is 1.88 bits per heavy atom. The zero-order chi connectivity index (χ0) is 23.9. The first-order valence-electron chi connectivity index (χ1n) is 12.0. The number of carbonyl (C=O) groups excluding carboxylic acids is 1. The molecule has 0 spiro atoms. The lowest BCUT2D eigenvalue weighted by Gasteiger charge is -2.51. The molecule has 1 aliphatic heterocycles. The van der Waals surface area contributed by atoms with Gasteiger partial charge in [-0.15, -0.1) is 0 Å². The molecule has 1 aliphatic rings. The van der Waals surface area contributed by atoms with Gasteiger partial charge in [-0.05, 0) is 65.8 Å². The van der Waals surface area contributed by atoms with Crippen molar-refractivity contribution in [3.63, 3.8) is 0 Å². The second kappa shape index (κ2) is 8.29. The maximum absolute atomic E-state index is 12.8. The van der Waals surface area contributed by atoms with Gasteiger partial charge in [0.1, 0.15) is 0 Å². The number of hydrogen-bond donors (Lipinski definition) is 0. The maximum atomic E-state index is 12.8. The Kier molecular flexibility index (Phi) is 5.40. The molecule has 0 aliphatic carbocycles. The van der Waals surface area contributed by atoms with Crippen LogP contribution in [0.2, 0.25) is 0 Å². The van der Waals surface area contributed by atoms with E-state index in [1.54, 1.807) is 6.92 Å². The second-order valence-corrected chi connectivity index (χ2v) is 10.2. The molecule has 0 fully saturated rings. The first kappa shape index (κ1) is 22.2. The van der Waals surface area contributed by atoms with Crippen molar-refractivity contribution in [2.24, 2.45) is 0 Å². The molecule has 34 heavy (non-hydrogen) atoms. The molecule has 0 bridgehead atoms. The van der Waals surface area contributed by atoms with Crippen LogP contribution in [0.4, 0.5) is 5.69 Å². The third-order valence-electron chi connectivity index (χ3n) is 7.27. The van der Waals surface area contributed by atoms with E-state index < -0.39 is 0 Å². The Morgan fingerprint density at radius 1 is 0.706 bits per heavy atom. The second-order valence-electron chi connectivity index (χ2n) is 10.2. The van der Waals surface area contributed by atoms with Crippen LogP contribution in [-0.4, -0.2) is 11.4 Å². The highest BCUT2D eigenvalue weighted by atomic mass is 16.2. The number of anilines is 1. The highest BCUT2D eigenvalue weighted by molar-refractivity contribution is 5.96. The van der Waals surface area contributed by atoms with Gasteiger partial charge in [-0.25, -0.2) is 0 Å². The summed E-state index contributed by atoms with van der Waals surface area (Å²) in [6.07, 6.45) is 0.848. The molecule has 0 radical (unpaired) electrons. The zero-order valence-corrected chi connectivity index (χ0v) is 20.4. The van der Waals surface area contributed by atoms with Crippen molar-refractivity contribution >= 4 is 11.6 Å². The minimum Gasteiger partial charge on any atom is -0.307 e. The van der Waals surface area contributed by atoms with Crippen LogP contribution in [0.3, 0.4) is 0 Å². The van der Waals surface area contributed by atoms with Crippen molar-refractivity contribution in [3.05, 3.63) is 114 Å². The van der Waals surface area contributed by atoms with Crippen LogP contribution in [0.25, 0.3) is 22.3 Å². The van der Waals surface area contributed by atoms with Crippen molar-refractivity contribution in [2.45, 2.75) is 45.1 Å². The number of benzene rings is 4. The van der Waals surface area contributed by atoms with E-state index in [9.17, 15) is 4.79 Å². The standard InChI is InChI=1S/C32H31NO/c1-23(34)33-30-20-19-25(28-18-12-11-17-27(28)24-13-7-5-8-14-24)21-29(30)32(4,22-31(33,2)3)26-15-9-6-10-16-26/h5-21H,22H2,1-4H3. The molecular weight excluding hydrogens is 414 g/mol. The summed E-state index contributed by atoms with van der Waals surface area (Å²) >= 11 is 0. The summed E-state index contributed by atoms with van der Waals surface area (Å²) in [7, 11) is 0. The lowest BCUT2D eigenvalue weighted by Crippen LogP contribution is -2.55. The van der Waals surface area contributed by atoms with E-state index in [4.69, 9.17) is 0 Å². The highest BCUT2D eigenvalue weighted by Gasteiger charge is 2.47. The quantitative estimate of drug-likeness (QED) is 0.314. The van der Waals surface area contributed by atoms with Crippen molar-refractivity contribution < 1.29 is 4.79 Å². The van der Waals surface area contributed by atoms with Crippen LogP contribution < -0.4 is 4.90 Å². The Morgan fingerprint density at radius 2 is 1.26 bits per heavy atom. The minimum absolute atomic E-state index is 0.0822. The van der Waals surface area contributed by atoms with E-state index in [-0.39, 0.29) is 16.9 Å². The molecule has 1 amide bonds. The van der Waals surface area contributed by atoms with Crippen molar-refractivity contribution in [1.29, 1.82) is 0 Å². The average Bonchev–Trinajstić information content (AvgIpc) is 2.84. The molecule has 1 heterocycles. The molecule has 1 unspecified atom stereocenters. The molecule has 4 aromatic rings. The fourth-order valence-electron chi connectivity index (χ4n) is 5.97. The Hall–Kier alpha value is -3.65. The van der Waals surface area contributed by atoms with E-state index in [1.165, 1.54) is 33.4 Å². The molecule has 170 valence electrons. The molecule has 2 heteroatoms. The first-order valence-corrected chi connectivity index (χ1v) is 12.0. The smallest absolute Gasteiger partial charge is 0.224 e. The van der Waals surface area contributed by atoms with Crippen LogP contribution in [0.1, 0.15) is 45.2 Å². The third-order valence-corrected chi connectivity index (χ3v) is 7.27. The summed E-state index contributed by atoms with van der Waals surface area (Å²) in [5.41, 5.74) is 7.76. The largest absolute Gasteiger partial charge is 0.307 e. The van der Waals surface area contributed by atoms with Gasteiger partial charge >= 0.3 is 0 Å². The summed E-state index contributed by atoms with van der Waals surface area (Å²) < 4.78 is 0. The number of nitrogens with zero attached hydrogens (tertiary/aromatic N) is 1. The number of rotatable bonds is 3. The minimum atomic E-state index is -0.299. The molecule has 0 aromatic heterocycles. The fourth-order valence-corrected chi connectivity index (χ4v) is 5.97. The average molecular weight is 446 g/mol. The fraction of sp³-hybridized carbons (Fsp3) is 0.219. The monoisotopic (exact) mass is 445 g/mol. The van der Waals surface area contributed by atoms with Gasteiger partial charge in [-0.2, -0.15) is 0 Å². The summed E-state index contributed by atoms with van der Waals surface area (Å²) in [5, 5.41) is 0. The first-order chi connectivity index (χ1) is 16.3. The van der Waals surface area contributed by atoms with Gasteiger partial charge in [0.15, 0.2) is 0 Å². The molecule has 2 nitrogen and oxygen atoms in total. The lowest BCUT2D eigenvalue weighted by atomic mass is 9.65. The lowest BCUT2D eigenvalue weighted by molar-refractivity contribution is -0.117. The summed E-state index contributed by atoms with van der Waals surface area (Å²) in [5.74, 6) is 0.0822. The highest BCUT2D eigenvalue weighted by Crippen LogP contribution is 2.51. The molecule has 5 rings (SSSR count). The van der Waals surface area contributed by atoms with E-state index in [0.29, 0.717) is 0 Å². The topological polar surface area (TPSA) is 20.3 Å². The molecule has 0 saturated heterocycles. The Bertz CT molecular complexity index is 1340. The van der Waals surface area contributed by atoms with Gasteiger partial charge in [0.2, 0.25) is 5.91 Å². The van der Waals surface area contributed by atoms with Gasteiger partial charge in [-0.3, -0.25) is 4.79 Å². The molecule has 0 N–H and O–H groups in total. The molecule has 0 saturated carbocycles. The number of fused-ring (bicyclic) bond motifs is 1. The summed E-state index contributed by atoms with van der Waals surface area (Å²) in [6.45, 7) is 8.36. The van der Waals surface area contributed by atoms with E-state index in [2.05, 4.69) is 124 Å². The van der Waals surface area contributed by atoms with Crippen LogP contribution in [0.15, 0.2) is 103 Å².